The van der Waals surface area contributed by atoms with E-state index in [0.717, 1.165) is 6.07 Å². The Kier molecular flexibility index (Phi) is 4.33. The molecule has 0 fully saturated rings. The Morgan fingerprint density at radius 2 is 1.81 bits per heavy atom. The van der Waals surface area contributed by atoms with Gasteiger partial charge in [-0.25, -0.2) is 0 Å². The summed E-state index contributed by atoms with van der Waals surface area (Å²) in [6, 6.07) is 7.23. The number of aliphatic hydroxyl groups excluding tert-OH is 2. The molecule has 0 aliphatic heterocycles. The second kappa shape index (κ2) is 5.86. The fourth-order valence-electron chi connectivity index (χ4n) is 2.01. The molecule has 8 heteroatoms. The first-order chi connectivity index (χ1) is 9.84. The monoisotopic (exact) mass is 313 g/mol. The lowest BCUT2D eigenvalue weighted by molar-refractivity contribution is 0.105. The van der Waals surface area contributed by atoms with E-state index in [4.69, 9.17) is 5.11 Å². The van der Waals surface area contributed by atoms with Crippen LogP contribution in [0.3, 0.4) is 0 Å². The number of phenolic OH excluding ortho intramolecular Hbond substituents is 1. The van der Waals surface area contributed by atoms with Gasteiger partial charge in [-0.1, -0.05) is 24.3 Å². The van der Waals surface area contributed by atoms with Crippen molar-refractivity contribution in [1.29, 1.82) is 0 Å². The molecule has 1 unspecified atom stereocenters. The van der Waals surface area contributed by atoms with Crippen molar-refractivity contribution in [1.82, 2.24) is 0 Å². The van der Waals surface area contributed by atoms with Crippen molar-refractivity contribution in [2.45, 2.75) is 11.0 Å². The van der Waals surface area contributed by atoms with E-state index in [2.05, 4.69) is 5.32 Å². The predicted octanol–water partition coefficient (Wildman–Crippen LogP) is 0.557. The first-order valence-electron chi connectivity index (χ1n) is 6.09. The summed E-state index contributed by atoms with van der Waals surface area (Å²) in [5.41, 5.74) is 0.213. The van der Waals surface area contributed by atoms with Crippen LogP contribution in [0.4, 0.5) is 5.69 Å². The molecule has 21 heavy (non-hydrogen) atoms. The summed E-state index contributed by atoms with van der Waals surface area (Å²) in [7, 11) is -4.48. The molecule has 0 spiro atoms. The van der Waals surface area contributed by atoms with Crippen molar-refractivity contribution in [3.8, 4) is 5.75 Å². The van der Waals surface area contributed by atoms with Crippen LogP contribution in [-0.2, 0) is 10.1 Å². The molecule has 1 atom stereocenters. The summed E-state index contributed by atoms with van der Waals surface area (Å²) in [5.74, 6) is -0.383. The third-order valence-corrected chi connectivity index (χ3v) is 3.88. The Hall–Kier alpha value is -1.87. The molecule has 0 saturated carbocycles. The van der Waals surface area contributed by atoms with Gasteiger partial charge in [0.2, 0.25) is 0 Å². The second-order valence-corrected chi connectivity index (χ2v) is 5.90. The third kappa shape index (κ3) is 3.24. The maximum atomic E-state index is 11.4. The van der Waals surface area contributed by atoms with Crippen LogP contribution in [0.15, 0.2) is 35.2 Å². The highest BCUT2D eigenvalue weighted by Gasteiger charge is 2.19. The average molecular weight is 313 g/mol. The molecule has 114 valence electrons. The number of aromatic hydroxyl groups is 1. The van der Waals surface area contributed by atoms with Crippen molar-refractivity contribution in [2.24, 2.45) is 0 Å². The SMILES string of the molecule is O=S(=O)(O)c1cc(O)c(NCC(O)CO)c2ccccc12. The van der Waals surface area contributed by atoms with Crippen molar-refractivity contribution < 1.29 is 28.3 Å². The van der Waals surface area contributed by atoms with Crippen LogP contribution in [0.5, 0.6) is 5.75 Å². The zero-order valence-electron chi connectivity index (χ0n) is 10.9. The Morgan fingerprint density at radius 3 is 2.38 bits per heavy atom. The second-order valence-electron chi connectivity index (χ2n) is 4.51. The quantitative estimate of drug-likeness (QED) is 0.403. The minimum absolute atomic E-state index is 0.0285. The topological polar surface area (TPSA) is 127 Å². The Morgan fingerprint density at radius 1 is 1.19 bits per heavy atom. The van der Waals surface area contributed by atoms with Gasteiger partial charge < -0.3 is 20.6 Å². The summed E-state index contributed by atoms with van der Waals surface area (Å²) in [5, 5.41) is 31.4. The van der Waals surface area contributed by atoms with Gasteiger partial charge in [0.15, 0.2) is 0 Å². The molecule has 0 radical (unpaired) electrons. The van der Waals surface area contributed by atoms with Gasteiger partial charge in [0.1, 0.15) is 10.6 Å². The van der Waals surface area contributed by atoms with E-state index >= 15 is 0 Å². The Labute approximate surface area is 121 Å². The number of hydrogen-bond donors (Lipinski definition) is 5. The Balaban J connectivity index is 2.61. The molecular weight excluding hydrogens is 298 g/mol. The molecule has 0 amide bonds. The van der Waals surface area contributed by atoms with Crippen molar-refractivity contribution >= 4 is 26.6 Å². The maximum Gasteiger partial charge on any atom is 0.295 e. The molecule has 0 aliphatic carbocycles. The number of hydrogen-bond acceptors (Lipinski definition) is 6. The van der Waals surface area contributed by atoms with Crippen LogP contribution >= 0.6 is 0 Å². The number of rotatable bonds is 5. The summed E-state index contributed by atoms with van der Waals surface area (Å²) in [6.07, 6.45) is -1.02. The average Bonchev–Trinajstić information content (AvgIpc) is 2.44. The molecule has 0 aliphatic rings. The molecule has 0 aromatic heterocycles. The van der Waals surface area contributed by atoms with Crippen LogP contribution in [0.2, 0.25) is 0 Å². The highest BCUT2D eigenvalue weighted by Crippen LogP contribution is 2.36. The van der Waals surface area contributed by atoms with Crippen LogP contribution in [0.25, 0.3) is 10.8 Å². The van der Waals surface area contributed by atoms with Crippen molar-refractivity contribution in [2.75, 3.05) is 18.5 Å². The van der Waals surface area contributed by atoms with Gasteiger partial charge in [-0.3, -0.25) is 4.55 Å². The molecular formula is C13H15NO6S. The first-order valence-corrected chi connectivity index (χ1v) is 7.53. The number of benzene rings is 2. The minimum atomic E-state index is -4.48. The lowest BCUT2D eigenvalue weighted by Crippen LogP contribution is -2.23. The maximum absolute atomic E-state index is 11.4. The summed E-state index contributed by atoms with van der Waals surface area (Å²) in [4.78, 5) is -0.399. The standard InChI is InChI=1S/C13H15NO6S/c15-7-8(16)6-14-13-10-4-2-1-3-9(10)12(5-11(13)17)21(18,19)20/h1-5,8,14-17H,6-7H2,(H,18,19,20). The van der Waals surface area contributed by atoms with Crippen LogP contribution in [0, 0.1) is 0 Å². The highest BCUT2D eigenvalue weighted by atomic mass is 32.2. The Bertz CT molecular complexity index is 759. The van der Waals surface area contributed by atoms with Gasteiger partial charge in [-0.15, -0.1) is 0 Å². The van der Waals surface area contributed by atoms with E-state index < -0.39 is 27.7 Å². The van der Waals surface area contributed by atoms with E-state index in [-0.39, 0.29) is 23.4 Å². The third-order valence-electron chi connectivity index (χ3n) is 2.99. The van der Waals surface area contributed by atoms with Gasteiger partial charge in [0, 0.05) is 23.4 Å². The molecule has 2 aromatic carbocycles. The lowest BCUT2D eigenvalue weighted by Gasteiger charge is -2.15. The zero-order chi connectivity index (χ0) is 15.6. The summed E-state index contributed by atoms with van der Waals surface area (Å²) in [6.45, 7) is -0.478. The summed E-state index contributed by atoms with van der Waals surface area (Å²) < 4.78 is 32.0. The first kappa shape index (κ1) is 15.5. The largest absolute Gasteiger partial charge is 0.506 e. The van der Waals surface area contributed by atoms with E-state index in [1.54, 1.807) is 18.2 Å². The van der Waals surface area contributed by atoms with E-state index in [9.17, 15) is 23.2 Å². The normalized spacial score (nSPS) is 13.3. The fourth-order valence-corrected chi connectivity index (χ4v) is 2.73. The molecule has 5 N–H and O–H groups in total. The van der Waals surface area contributed by atoms with Gasteiger partial charge in [-0.2, -0.15) is 8.42 Å². The smallest absolute Gasteiger partial charge is 0.295 e. The van der Waals surface area contributed by atoms with Gasteiger partial charge in [-0.05, 0) is 0 Å². The lowest BCUT2D eigenvalue weighted by atomic mass is 10.1. The number of aliphatic hydroxyl groups is 2. The highest BCUT2D eigenvalue weighted by molar-refractivity contribution is 7.86. The van der Waals surface area contributed by atoms with Crippen LogP contribution in [-0.4, -0.2) is 47.5 Å². The van der Waals surface area contributed by atoms with Crippen LogP contribution in [0.1, 0.15) is 0 Å². The summed E-state index contributed by atoms with van der Waals surface area (Å²) >= 11 is 0. The van der Waals surface area contributed by atoms with Gasteiger partial charge in [0.05, 0.1) is 18.4 Å². The number of anilines is 1. The minimum Gasteiger partial charge on any atom is -0.506 e. The van der Waals surface area contributed by atoms with Gasteiger partial charge >= 0.3 is 0 Å². The van der Waals surface area contributed by atoms with E-state index in [1.165, 1.54) is 6.07 Å². The fraction of sp³-hybridized carbons (Fsp3) is 0.231. The van der Waals surface area contributed by atoms with Crippen molar-refractivity contribution in [3.05, 3.63) is 30.3 Å². The molecule has 0 bridgehead atoms. The number of fused-ring (bicyclic) bond motifs is 1. The molecule has 2 aromatic rings. The number of nitrogens with one attached hydrogen (secondary N) is 1. The van der Waals surface area contributed by atoms with E-state index in [1.807, 2.05) is 0 Å². The molecule has 0 saturated heterocycles. The molecule has 0 heterocycles. The zero-order valence-corrected chi connectivity index (χ0v) is 11.7. The van der Waals surface area contributed by atoms with Crippen LogP contribution < -0.4 is 5.32 Å². The number of phenols is 1. The van der Waals surface area contributed by atoms with Gasteiger partial charge in [0.25, 0.3) is 10.1 Å². The van der Waals surface area contributed by atoms with E-state index in [0.29, 0.717) is 5.39 Å². The van der Waals surface area contributed by atoms with Crippen molar-refractivity contribution in [3.63, 3.8) is 0 Å². The molecule has 2 rings (SSSR count). The molecule has 7 nitrogen and oxygen atoms in total. The predicted molar refractivity (Wildman–Crippen MR) is 77.0 cm³/mol.